The van der Waals surface area contributed by atoms with Gasteiger partial charge in [0.1, 0.15) is 0 Å². The Balaban J connectivity index is 1.48. The van der Waals surface area contributed by atoms with Gasteiger partial charge in [0.25, 0.3) is 0 Å². The molecule has 0 unspecified atom stereocenters. The Morgan fingerprint density at radius 3 is 2.59 bits per heavy atom. The molecule has 0 bridgehead atoms. The SMILES string of the molecule is CCn1cc([C@H](CC(=O)NCCCN2CCOCC2)c2ccc(C)cc2)c2ccccc21. The molecule has 0 saturated carbocycles. The molecule has 1 saturated heterocycles. The van der Waals surface area contributed by atoms with Gasteiger partial charge in [0, 0.05) is 55.6 Å². The van der Waals surface area contributed by atoms with E-state index in [0.717, 1.165) is 45.8 Å². The Hall–Kier alpha value is -2.63. The van der Waals surface area contributed by atoms with Crippen LogP contribution < -0.4 is 5.32 Å². The summed E-state index contributed by atoms with van der Waals surface area (Å²) in [6, 6.07) is 17.1. The summed E-state index contributed by atoms with van der Waals surface area (Å²) >= 11 is 0. The van der Waals surface area contributed by atoms with Gasteiger partial charge in [0.15, 0.2) is 0 Å². The van der Waals surface area contributed by atoms with Gasteiger partial charge in [0.05, 0.1) is 13.2 Å². The van der Waals surface area contributed by atoms with Crippen LogP contribution in [0.3, 0.4) is 0 Å². The zero-order valence-corrected chi connectivity index (χ0v) is 19.3. The largest absolute Gasteiger partial charge is 0.379 e. The number of morpholine rings is 1. The lowest BCUT2D eigenvalue weighted by Gasteiger charge is -2.26. The number of nitrogens with one attached hydrogen (secondary N) is 1. The first-order valence-corrected chi connectivity index (χ1v) is 11.9. The number of hydrogen-bond donors (Lipinski definition) is 1. The fourth-order valence-corrected chi connectivity index (χ4v) is 4.63. The fraction of sp³-hybridized carbons (Fsp3) is 0.444. The first kappa shape index (κ1) is 22.6. The number of rotatable bonds is 9. The van der Waals surface area contributed by atoms with E-state index in [1.165, 1.54) is 27.6 Å². The van der Waals surface area contributed by atoms with E-state index < -0.39 is 0 Å². The van der Waals surface area contributed by atoms with Gasteiger partial charge in [0.2, 0.25) is 5.91 Å². The quantitative estimate of drug-likeness (QED) is 0.511. The summed E-state index contributed by atoms with van der Waals surface area (Å²) < 4.78 is 7.69. The van der Waals surface area contributed by atoms with E-state index in [1.54, 1.807) is 0 Å². The van der Waals surface area contributed by atoms with E-state index in [2.05, 4.69) is 83.4 Å². The van der Waals surface area contributed by atoms with Crippen LogP contribution in [0.2, 0.25) is 0 Å². The minimum atomic E-state index is 0.0348. The third-order valence-corrected chi connectivity index (χ3v) is 6.48. The van der Waals surface area contributed by atoms with E-state index in [-0.39, 0.29) is 11.8 Å². The van der Waals surface area contributed by atoms with E-state index >= 15 is 0 Å². The van der Waals surface area contributed by atoms with Crippen molar-refractivity contribution in [3.8, 4) is 0 Å². The lowest BCUT2D eigenvalue weighted by molar-refractivity contribution is -0.121. The van der Waals surface area contributed by atoms with Crippen LogP contribution >= 0.6 is 0 Å². The number of amides is 1. The monoisotopic (exact) mass is 433 g/mol. The second-order valence-electron chi connectivity index (χ2n) is 8.71. The van der Waals surface area contributed by atoms with Gasteiger partial charge in [-0.2, -0.15) is 0 Å². The van der Waals surface area contributed by atoms with Gasteiger partial charge in [-0.25, -0.2) is 0 Å². The molecule has 1 atom stereocenters. The van der Waals surface area contributed by atoms with Crippen LogP contribution in [0.4, 0.5) is 0 Å². The van der Waals surface area contributed by atoms with Crippen molar-refractivity contribution in [1.29, 1.82) is 0 Å². The van der Waals surface area contributed by atoms with Crippen molar-refractivity contribution in [2.45, 2.75) is 39.2 Å². The standard InChI is InChI=1S/C27H35N3O2/c1-3-30-20-25(23-7-4-5-8-26(23)30)24(22-11-9-21(2)10-12-22)19-27(31)28-13-6-14-29-15-17-32-18-16-29/h4-5,7-12,20,24H,3,6,13-19H2,1-2H3,(H,28,31)/t24-/m1/s1. The highest BCUT2D eigenvalue weighted by Gasteiger charge is 2.22. The average molecular weight is 434 g/mol. The molecule has 2 heterocycles. The van der Waals surface area contributed by atoms with Gasteiger partial charge in [-0.15, -0.1) is 0 Å². The average Bonchev–Trinajstić information content (AvgIpc) is 3.20. The molecule has 2 aromatic carbocycles. The topological polar surface area (TPSA) is 46.5 Å². The summed E-state index contributed by atoms with van der Waals surface area (Å²) in [4.78, 5) is 15.4. The third-order valence-electron chi connectivity index (χ3n) is 6.48. The van der Waals surface area contributed by atoms with E-state index in [1.807, 2.05) is 0 Å². The molecule has 0 radical (unpaired) electrons. The summed E-state index contributed by atoms with van der Waals surface area (Å²) in [5.74, 6) is 0.151. The highest BCUT2D eigenvalue weighted by atomic mass is 16.5. The summed E-state index contributed by atoms with van der Waals surface area (Å²) in [5.41, 5.74) is 4.89. The number of fused-ring (bicyclic) bond motifs is 1. The van der Waals surface area contributed by atoms with Gasteiger partial charge >= 0.3 is 0 Å². The van der Waals surface area contributed by atoms with E-state index in [9.17, 15) is 4.79 Å². The molecular weight excluding hydrogens is 398 g/mol. The molecule has 4 rings (SSSR count). The highest BCUT2D eigenvalue weighted by Crippen LogP contribution is 2.35. The minimum Gasteiger partial charge on any atom is -0.379 e. The number of aromatic nitrogens is 1. The van der Waals surface area contributed by atoms with Crippen LogP contribution in [0.1, 0.15) is 42.4 Å². The van der Waals surface area contributed by atoms with E-state index in [4.69, 9.17) is 4.74 Å². The number of nitrogens with zero attached hydrogens (tertiary/aromatic N) is 2. The molecule has 170 valence electrons. The Bertz CT molecular complexity index is 1020. The van der Waals surface area contributed by atoms with Crippen LogP contribution in [0.25, 0.3) is 10.9 Å². The Morgan fingerprint density at radius 1 is 1.09 bits per heavy atom. The number of hydrogen-bond acceptors (Lipinski definition) is 3. The lowest BCUT2D eigenvalue weighted by atomic mass is 9.87. The van der Waals surface area contributed by atoms with Crippen LogP contribution in [0.15, 0.2) is 54.7 Å². The number of carbonyl (C=O) groups is 1. The van der Waals surface area contributed by atoms with Crippen LogP contribution in [-0.2, 0) is 16.1 Å². The molecule has 5 heteroatoms. The third kappa shape index (κ3) is 5.40. The van der Waals surface area contributed by atoms with Crippen molar-refractivity contribution in [3.05, 3.63) is 71.4 Å². The van der Waals surface area contributed by atoms with E-state index in [0.29, 0.717) is 13.0 Å². The summed E-state index contributed by atoms with van der Waals surface area (Å²) in [6.07, 6.45) is 3.66. The van der Waals surface area contributed by atoms with Gasteiger partial charge in [-0.05, 0) is 44.0 Å². The molecule has 1 N–H and O–H groups in total. The van der Waals surface area contributed by atoms with Crippen molar-refractivity contribution in [1.82, 2.24) is 14.8 Å². The normalized spacial score (nSPS) is 15.7. The molecule has 3 aromatic rings. The van der Waals surface area contributed by atoms with Crippen molar-refractivity contribution in [3.63, 3.8) is 0 Å². The lowest BCUT2D eigenvalue weighted by Crippen LogP contribution is -2.38. The smallest absolute Gasteiger partial charge is 0.220 e. The molecule has 32 heavy (non-hydrogen) atoms. The maximum Gasteiger partial charge on any atom is 0.220 e. The molecule has 1 aromatic heterocycles. The Morgan fingerprint density at radius 2 is 1.84 bits per heavy atom. The summed E-state index contributed by atoms with van der Waals surface area (Å²) in [5, 5.41) is 4.40. The minimum absolute atomic E-state index is 0.0348. The number of benzene rings is 2. The zero-order valence-electron chi connectivity index (χ0n) is 19.3. The van der Waals surface area contributed by atoms with Gasteiger partial charge in [-0.3, -0.25) is 9.69 Å². The number of ether oxygens (including phenoxy) is 1. The highest BCUT2D eigenvalue weighted by molar-refractivity contribution is 5.86. The summed E-state index contributed by atoms with van der Waals surface area (Å²) in [7, 11) is 0. The van der Waals surface area contributed by atoms with Gasteiger partial charge < -0.3 is 14.6 Å². The first-order valence-electron chi connectivity index (χ1n) is 11.9. The molecule has 5 nitrogen and oxygen atoms in total. The van der Waals surface area contributed by atoms with Crippen molar-refractivity contribution >= 4 is 16.8 Å². The van der Waals surface area contributed by atoms with Crippen molar-refractivity contribution < 1.29 is 9.53 Å². The first-order chi connectivity index (χ1) is 15.7. The second kappa shape index (κ2) is 10.8. The molecule has 1 amide bonds. The zero-order chi connectivity index (χ0) is 22.3. The van der Waals surface area contributed by atoms with Crippen LogP contribution in [-0.4, -0.2) is 54.8 Å². The fourth-order valence-electron chi connectivity index (χ4n) is 4.63. The molecule has 0 aliphatic carbocycles. The Kier molecular flexibility index (Phi) is 7.61. The molecule has 0 spiro atoms. The molecule has 1 aliphatic heterocycles. The molecule has 1 fully saturated rings. The molecule has 1 aliphatic rings. The maximum absolute atomic E-state index is 13.0. The predicted octanol–water partition coefficient (Wildman–Crippen LogP) is 4.33. The number of aryl methyl sites for hydroxylation is 2. The second-order valence-corrected chi connectivity index (χ2v) is 8.71. The maximum atomic E-state index is 13.0. The Labute approximate surface area is 191 Å². The van der Waals surface area contributed by atoms with Crippen molar-refractivity contribution in [2.75, 3.05) is 39.4 Å². The number of carbonyl (C=O) groups excluding carboxylic acids is 1. The molecular formula is C27H35N3O2. The predicted molar refractivity (Wildman–Crippen MR) is 130 cm³/mol. The summed E-state index contributed by atoms with van der Waals surface area (Å²) in [6.45, 7) is 10.5. The van der Waals surface area contributed by atoms with Crippen LogP contribution in [0.5, 0.6) is 0 Å². The van der Waals surface area contributed by atoms with Gasteiger partial charge in [-0.1, -0.05) is 48.0 Å². The number of para-hydroxylation sites is 1. The van der Waals surface area contributed by atoms with Crippen molar-refractivity contribution in [2.24, 2.45) is 0 Å². The van der Waals surface area contributed by atoms with Crippen LogP contribution in [0, 0.1) is 6.92 Å².